The van der Waals surface area contributed by atoms with Gasteiger partial charge in [-0.25, -0.2) is 8.78 Å². The van der Waals surface area contributed by atoms with Crippen molar-refractivity contribution in [2.75, 3.05) is 6.61 Å². The second-order valence-electron chi connectivity index (χ2n) is 3.93. The maximum absolute atomic E-state index is 13.2. The first-order chi connectivity index (χ1) is 6.97. The predicted molar refractivity (Wildman–Crippen MR) is 51.5 cm³/mol. The van der Waals surface area contributed by atoms with E-state index in [1.807, 2.05) is 0 Å². The summed E-state index contributed by atoms with van der Waals surface area (Å²) in [5.41, 5.74) is 5.35. The van der Waals surface area contributed by atoms with Gasteiger partial charge < -0.3 is 10.5 Å². The number of carbonyl (C=O) groups is 1. The van der Waals surface area contributed by atoms with E-state index in [9.17, 15) is 13.6 Å². The Labute approximate surface area is 88.0 Å². The van der Waals surface area contributed by atoms with Gasteiger partial charge in [-0.05, 0) is 26.2 Å². The SMILES string of the molecule is CCOC(=O)[C@H]1CC[C@H](N)C(F)(F)CC1. The van der Waals surface area contributed by atoms with Crippen molar-refractivity contribution in [3.05, 3.63) is 0 Å². The van der Waals surface area contributed by atoms with Crippen molar-refractivity contribution in [3.8, 4) is 0 Å². The molecule has 15 heavy (non-hydrogen) atoms. The number of rotatable bonds is 2. The summed E-state index contributed by atoms with van der Waals surface area (Å²) in [6, 6.07) is -1.13. The number of ether oxygens (including phenoxy) is 1. The van der Waals surface area contributed by atoms with Gasteiger partial charge in [0, 0.05) is 6.42 Å². The van der Waals surface area contributed by atoms with Gasteiger partial charge in [0.05, 0.1) is 18.6 Å². The summed E-state index contributed by atoms with van der Waals surface area (Å²) in [6.07, 6.45) is 0.420. The van der Waals surface area contributed by atoms with Crippen molar-refractivity contribution in [1.82, 2.24) is 0 Å². The van der Waals surface area contributed by atoms with Gasteiger partial charge in [0.25, 0.3) is 5.92 Å². The van der Waals surface area contributed by atoms with Crippen LogP contribution in [0.15, 0.2) is 0 Å². The van der Waals surface area contributed by atoms with Gasteiger partial charge in [0.15, 0.2) is 0 Å². The van der Waals surface area contributed by atoms with Crippen LogP contribution in [0.5, 0.6) is 0 Å². The van der Waals surface area contributed by atoms with E-state index in [-0.39, 0.29) is 31.8 Å². The molecule has 0 amide bonds. The number of halogens is 2. The van der Waals surface area contributed by atoms with Crippen molar-refractivity contribution >= 4 is 5.97 Å². The quantitative estimate of drug-likeness (QED) is 0.570. The van der Waals surface area contributed by atoms with Gasteiger partial charge in [-0.2, -0.15) is 0 Å². The van der Waals surface area contributed by atoms with Crippen LogP contribution >= 0.6 is 0 Å². The number of hydrogen-bond donors (Lipinski definition) is 1. The third-order valence-corrected chi connectivity index (χ3v) is 2.81. The molecule has 0 spiro atoms. The molecule has 1 rings (SSSR count). The van der Waals surface area contributed by atoms with Crippen LogP contribution in [0.3, 0.4) is 0 Å². The lowest BCUT2D eigenvalue weighted by molar-refractivity contribution is -0.148. The molecule has 0 aliphatic heterocycles. The number of alkyl halides is 2. The molecular weight excluding hydrogens is 204 g/mol. The first-order valence-electron chi connectivity index (χ1n) is 5.27. The zero-order chi connectivity index (χ0) is 11.5. The van der Waals surface area contributed by atoms with Crippen LogP contribution in [0.25, 0.3) is 0 Å². The average molecular weight is 221 g/mol. The van der Waals surface area contributed by atoms with Crippen LogP contribution in [0.4, 0.5) is 8.78 Å². The molecule has 0 radical (unpaired) electrons. The highest BCUT2D eigenvalue weighted by Crippen LogP contribution is 2.34. The van der Waals surface area contributed by atoms with E-state index in [1.165, 1.54) is 0 Å². The maximum atomic E-state index is 13.2. The zero-order valence-electron chi connectivity index (χ0n) is 8.84. The Morgan fingerprint density at radius 2 is 2.13 bits per heavy atom. The van der Waals surface area contributed by atoms with Crippen LogP contribution in [0.1, 0.15) is 32.6 Å². The van der Waals surface area contributed by atoms with E-state index in [1.54, 1.807) is 6.92 Å². The van der Waals surface area contributed by atoms with Crippen molar-refractivity contribution in [3.63, 3.8) is 0 Å². The van der Waals surface area contributed by atoms with Crippen molar-refractivity contribution < 1.29 is 18.3 Å². The third-order valence-electron chi connectivity index (χ3n) is 2.81. The fourth-order valence-corrected chi connectivity index (χ4v) is 1.78. The third kappa shape index (κ3) is 3.12. The normalized spacial score (nSPS) is 30.7. The van der Waals surface area contributed by atoms with Gasteiger partial charge in [-0.15, -0.1) is 0 Å². The Kier molecular flexibility index (Phi) is 4.02. The van der Waals surface area contributed by atoms with E-state index < -0.39 is 17.9 Å². The molecule has 0 unspecified atom stereocenters. The molecule has 1 aliphatic carbocycles. The first-order valence-corrected chi connectivity index (χ1v) is 5.27. The van der Waals surface area contributed by atoms with Crippen LogP contribution in [0.2, 0.25) is 0 Å². The minimum absolute atomic E-state index is 0.166. The van der Waals surface area contributed by atoms with E-state index in [4.69, 9.17) is 10.5 Å². The Morgan fingerprint density at radius 3 is 2.73 bits per heavy atom. The number of nitrogens with two attached hydrogens (primary N) is 1. The van der Waals surface area contributed by atoms with Crippen LogP contribution in [0, 0.1) is 5.92 Å². The molecule has 5 heteroatoms. The molecule has 1 saturated carbocycles. The molecule has 1 fully saturated rings. The molecule has 2 atom stereocenters. The molecule has 88 valence electrons. The van der Waals surface area contributed by atoms with Gasteiger partial charge in [-0.3, -0.25) is 4.79 Å². The second-order valence-corrected chi connectivity index (χ2v) is 3.93. The van der Waals surface area contributed by atoms with Crippen molar-refractivity contribution in [2.24, 2.45) is 11.7 Å². The summed E-state index contributed by atoms with van der Waals surface area (Å²) in [7, 11) is 0. The first kappa shape index (κ1) is 12.4. The molecule has 0 bridgehead atoms. The van der Waals surface area contributed by atoms with Crippen molar-refractivity contribution in [2.45, 2.75) is 44.6 Å². The minimum atomic E-state index is -2.85. The lowest BCUT2D eigenvalue weighted by Gasteiger charge is -2.19. The fraction of sp³-hybridized carbons (Fsp3) is 0.900. The van der Waals surface area contributed by atoms with E-state index in [2.05, 4.69) is 0 Å². The summed E-state index contributed by atoms with van der Waals surface area (Å²) in [6.45, 7) is 1.99. The lowest BCUT2D eigenvalue weighted by atomic mass is 10.0. The number of esters is 1. The predicted octanol–water partition coefficient (Wildman–Crippen LogP) is 1.70. The minimum Gasteiger partial charge on any atom is -0.466 e. The fourth-order valence-electron chi connectivity index (χ4n) is 1.78. The average Bonchev–Trinajstić information content (AvgIpc) is 2.28. The molecular formula is C10H17F2NO2. The number of carbonyl (C=O) groups excluding carboxylic acids is 1. The van der Waals surface area contributed by atoms with Crippen LogP contribution in [-0.2, 0) is 9.53 Å². The molecule has 1 aliphatic rings. The van der Waals surface area contributed by atoms with Gasteiger partial charge in [-0.1, -0.05) is 0 Å². The van der Waals surface area contributed by atoms with Gasteiger partial charge in [0.1, 0.15) is 0 Å². The standard InChI is InChI=1S/C10H17F2NO2/c1-2-15-9(14)7-3-4-8(13)10(11,12)6-5-7/h7-8H,2-6,13H2,1H3/t7-,8-/m0/s1. The molecule has 0 aromatic carbocycles. The molecule has 0 heterocycles. The Bertz CT molecular complexity index is 233. The summed E-state index contributed by atoms with van der Waals surface area (Å²) >= 11 is 0. The highest BCUT2D eigenvalue weighted by atomic mass is 19.3. The molecule has 0 aromatic heterocycles. The van der Waals surface area contributed by atoms with Gasteiger partial charge >= 0.3 is 5.97 Å². The van der Waals surface area contributed by atoms with E-state index in [0.29, 0.717) is 6.42 Å². The largest absolute Gasteiger partial charge is 0.466 e. The van der Waals surface area contributed by atoms with Crippen LogP contribution in [-0.4, -0.2) is 24.5 Å². The summed E-state index contributed by atoms with van der Waals surface area (Å²) in [5.74, 6) is -3.63. The molecule has 2 N–H and O–H groups in total. The Balaban J connectivity index is 2.56. The smallest absolute Gasteiger partial charge is 0.308 e. The lowest BCUT2D eigenvalue weighted by Crippen LogP contribution is -2.39. The second kappa shape index (κ2) is 4.88. The Hall–Kier alpha value is -0.710. The van der Waals surface area contributed by atoms with Gasteiger partial charge in [0.2, 0.25) is 0 Å². The summed E-state index contributed by atoms with van der Waals surface area (Å²) < 4.78 is 31.2. The Morgan fingerprint density at radius 1 is 1.47 bits per heavy atom. The highest BCUT2D eigenvalue weighted by molar-refractivity contribution is 5.72. The zero-order valence-corrected chi connectivity index (χ0v) is 8.84. The van der Waals surface area contributed by atoms with E-state index in [0.717, 1.165) is 0 Å². The molecule has 3 nitrogen and oxygen atoms in total. The topological polar surface area (TPSA) is 52.3 Å². The van der Waals surface area contributed by atoms with E-state index >= 15 is 0 Å². The molecule has 0 aromatic rings. The van der Waals surface area contributed by atoms with Crippen molar-refractivity contribution in [1.29, 1.82) is 0 Å². The summed E-state index contributed by atoms with van der Waals surface area (Å²) in [4.78, 5) is 11.4. The van der Waals surface area contributed by atoms with Crippen LogP contribution < -0.4 is 5.73 Å². The maximum Gasteiger partial charge on any atom is 0.308 e. The molecule has 0 saturated heterocycles. The monoisotopic (exact) mass is 221 g/mol. The number of hydrogen-bond acceptors (Lipinski definition) is 3. The summed E-state index contributed by atoms with van der Waals surface area (Å²) in [5, 5.41) is 0. The highest BCUT2D eigenvalue weighted by Gasteiger charge is 2.41.